The van der Waals surface area contributed by atoms with Crippen LogP contribution in [0.25, 0.3) is 0 Å². The molecule has 0 fully saturated rings. The van der Waals surface area contributed by atoms with Crippen LogP contribution in [0.1, 0.15) is 0 Å². The third kappa shape index (κ3) is 1.13. The van der Waals surface area contributed by atoms with E-state index < -0.39 is 0 Å². The molecule has 0 atom stereocenters. The van der Waals surface area contributed by atoms with Gasteiger partial charge in [-0.2, -0.15) is 0 Å². The van der Waals surface area contributed by atoms with Crippen molar-refractivity contribution in [1.82, 2.24) is 5.16 Å². The standard InChI is InChI=1S/C5H8N2O2/c1-7(2)4-3-5(8)9-6-4/h3,8H,1-2H3. The molecular formula is C5H8N2O2. The Morgan fingerprint density at radius 2 is 2.33 bits per heavy atom. The summed E-state index contributed by atoms with van der Waals surface area (Å²) in [6, 6.07) is 1.44. The van der Waals surface area contributed by atoms with Crippen molar-refractivity contribution in [2.45, 2.75) is 0 Å². The van der Waals surface area contributed by atoms with E-state index in [1.165, 1.54) is 6.07 Å². The van der Waals surface area contributed by atoms with E-state index in [1.807, 2.05) is 14.1 Å². The van der Waals surface area contributed by atoms with Crippen molar-refractivity contribution in [3.8, 4) is 5.95 Å². The maximum atomic E-state index is 8.65. The maximum absolute atomic E-state index is 8.65. The zero-order chi connectivity index (χ0) is 6.85. The van der Waals surface area contributed by atoms with Crippen LogP contribution in [0.4, 0.5) is 5.82 Å². The van der Waals surface area contributed by atoms with Crippen molar-refractivity contribution in [1.29, 1.82) is 0 Å². The second-order valence-electron chi connectivity index (χ2n) is 1.92. The fourth-order valence-electron chi connectivity index (χ4n) is 0.467. The first-order chi connectivity index (χ1) is 4.20. The van der Waals surface area contributed by atoms with E-state index in [0.29, 0.717) is 5.82 Å². The number of hydrogen-bond donors (Lipinski definition) is 1. The van der Waals surface area contributed by atoms with Gasteiger partial charge in [0.05, 0.1) is 6.07 Å². The van der Waals surface area contributed by atoms with Crippen LogP contribution in [0.2, 0.25) is 0 Å². The molecule has 1 aromatic rings. The number of anilines is 1. The average molecular weight is 128 g/mol. The summed E-state index contributed by atoms with van der Waals surface area (Å²) in [5.41, 5.74) is 0. The lowest BCUT2D eigenvalue weighted by Gasteiger charge is -2.03. The monoisotopic (exact) mass is 128 g/mol. The fraction of sp³-hybridized carbons (Fsp3) is 0.400. The second-order valence-corrected chi connectivity index (χ2v) is 1.92. The minimum Gasteiger partial charge on any atom is -0.479 e. The second kappa shape index (κ2) is 1.97. The number of rotatable bonds is 1. The smallest absolute Gasteiger partial charge is 0.310 e. The minimum absolute atomic E-state index is 0.154. The predicted octanol–water partition coefficient (Wildman–Crippen LogP) is 0.446. The van der Waals surface area contributed by atoms with Crippen molar-refractivity contribution in [2.24, 2.45) is 0 Å². The summed E-state index contributed by atoms with van der Waals surface area (Å²) >= 11 is 0. The van der Waals surface area contributed by atoms with Crippen molar-refractivity contribution < 1.29 is 9.63 Å². The van der Waals surface area contributed by atoms with Gasteiger partial charge in [-0.1, -0.05) is 5.16 Å². The van der Waals surface area contributed by atoms with Gasteiger partial charge in [-0.3, -0.25) is 0 Å². The van der Waals surface area contributed by atoms with Gasteiger partial charge in [0.2, 0.25) is 0 Å². The molecule has 1 N–H and O–H groups in total. The molecule has 0 spiro atoms. The van der Waals surface area contributed by atoms with Crippen LogP contribution < -0.4 is 4.90 Å². The van der Waals surface area contributed by atoms with E-state index in [2.05, 4.69) is 9.68 Å². The lowest BCUT2D eigenvalue weighted by molar-refractivity contribution is 0.278. The van der Waals surface area contributed by atoms with Gasteiger partial charge in [0, 0.05) is 14.1 Å². The van der Waals surface area contributed by atoms with E-state index in [-0.39, 0.29) is 5.95 Å². The molecule has 0 saturated heterocycles. The molecule has 1 aromatic heterocycles. The number of aromatic nitrogens is 1. The minimum atomic E-state index is -0.154. The van der Waals surface area contributed by atoms with E-state index >= 15 is 0 Å². The summed E-state index contributed by atoms with van der Waals surface area (Å²) in [6.07, 6.45) is 0. The fourth-order valence-corrected chi connectivity index (χ4v) is 0.467. The van der Waals surface area contributed by atoms with Gasteiger partial charge in [0.1, 0.15) is 0 Å². The highest BCUT2D eigenvalue weighted by molar-refractivity contribution is 5.36. The van der Waals surface area contributed by atoms with Gasteiger partial charge in [-0.05, 0) is 0 Å². The van der Waals surface area contributed by atoms with Gasteiger partial charge in [-0.25, -0.2) is 0 Å². The lowest BCUT2D eigenvalue weighted by Crippen LogP contribution is -2.08. The zero-order valence-electron chi connectivity index (χ0n) is 5.33. The molecule has 0 bridgehead atoms. The Morgan fingerprint density at radius 1 is 1.67 bits per heavy atom. The summed E-state index contributed by atoms with van der Waals surface area (Å²) < 4.78 is 4.39. The van der Waals surface area contributed by atoms with Gasteiger partial charge in [-0.15, -0.1) is 0 Å². The highest BCUT2D eigenvalue weighted by Crippen LogP contribution is 2.15. The predicted molar refractivity (Wildman–Crippen MR) is 32.5 cm³/mol. The van der Waals surface area contributed by atoms with E-state index in [0.717, 1.165) is 0 Å². The zero-order valence-corrected chi connectivity index (χ0v) is 5.33. The van der Waals surface area contributed by atoms with E-state index in [9.17, 15) is 0 Å². The molecular weight excluding hydrogens is 120 g/mol. The van der Waals surface area contributed by atoms with Crippen molar-refractivity contribution >= 4 is 5.82 Å². The highest BCUT2D eigenvalue weighted by atomic mass is 16.5. The third-order valence-electron chi connectivity index (χ3n) is 0.943. The Kier molecular flexibility index (Phi) is 1.30. The van der Waals surface area contributed by atoms with Crippen LogP contribution in [-0.2, 0) is 0 Å². The van der Waals surface area contributed by atoms with Gasteiger partial charge in [0.15, 0.2) is 5.82 Å². The maximum Gasteiger partial charge on any atom is 0.310 e. The summed E-state index contributed by atoms with van der Waals surface area (Å²) in [7, 11) is 3.63. The van der Waals surface area contributed by atoms with Crippen LogP contribution >= 0.6 is 0 Å². The molecule has 0 saturated carbocycles. The Bertz CT molecular complexity index is 195. The van der Waals surface area contributed by atoms with Crippen LogP contribution in [0.3, 0.4) is 0 Å². The lowest BCUT2D eigenvalue weighted by atomic mass is 10.6. The molecule has 4 heteroatoms. The highest BCUT2D eigenvalue weighted by Gasteiger charge is 2.01. The Balaban J connectivity index is 2.85. The van der Waals surface area contributed by atoms with Gasteiger partial charge in [0.25, 0.3) is 0 Å². The van der Waals surface area contributed by atoms with Crippen LogP contribution in [0.15, 0.2) is 10.6 Å². The summed E-state index contributed by atoms with van der Waals surface area (Å²) in [5, 5.41) is 12.2. The van der Waals surface area contributed by atoms with Gasteiger partial charge >= 0.3 is 5.95 Å². The first-order valence-electron chi connectivity index (χ1n) is 2.53. The molecule has 0 unspecified atom stereocenters. The van der Waals surface area contributed by atoms with Crippen molar-refractivity contribution in [2.75, 3.05) is 19.0 Å². The van der Waals surface area contributed by atoms with Crippen molar-refractivity contribution in [3.05, 3.63) is 6.07 Å². The summed E-state index contributed by atoms with van der Waals surface area (Å²) in [5.74, 6) is 0.464. The first kappa shape index (κ1) is 5.94. The molecule has 0 amide bonds. The molecule has 1 heterocycles. The summed E-state index contributed by atoms with van der Waals surface area (Å²) in [4.78, 5) is 1.74. The van der Waals surface area contributed by atoms with Crippen LogP contribution in [0.5, 0.6) is 5.95 Å². The average Bonchev–Trinajstić information content (AvgIpc) is 2.14. The van der Waals surface area contributed by atoms with E-state index in [1.54, 1.807) is 4.90 Å². The molecule has 0 aromatic carbocycles. The van der Waals surface area contributed by atoms with Crippen molar-refractivity contribution in [3.63, 3.8) is 0 Å². The normalized spacial score (nSPS) is 9.56. The Labute approximate surface area is 52.7 Å². The molecule has 9 heavy (non-hydrogen) atoms. The molecule has 0 radical (unpaired) electrons. The SMILES string of the molecule is CN(C)c1cc(O)on1. The molecule has 0 aliphatic heterocycles. The number of hydrogen-bond acceptors (Lipinski definition) is 4. The molecule has 0 aliphatic carbocycles. The molecule has 4 nitrogen and oxygen atoms in total. The molecule has 50 valence electrons. The van der Waals surface area contributed by atoms with Crippen LogP contribution in [0, 0.1) is 0 Å². The topological polar surface area (TPSA) is 49.5 Å². The number of aromatic hydroxyl groups is 1. The largest absolute Gasteiger partial charge is 0.479 e. The molecule has 1 rings (SSSR count). The van der Waals surface area contributed by atoms with Gasteiger partial charge < -0.3 is 14.5 Å². The first-order valence-corrected chi connectivity index (χ1v) is 2.53. The number of nitrogens with zero attached hydrogens (tertiary/aromatic N) is 2. The van der Waals surface area contributed by atoms with Crippen LogP contribution in [-0.4, -0.2) is 24.4 Å². The van der Waals surface area contributed by atoms with E-state index in [4.69, 9.17) is 5.11 Å². The molecule has 0 aliphatic rings. The Morgan fingerprint density at radius 3 is 2.56 bits per heavy atom. The third-order valence-corrected chi connectivity index (χ3v) is 0.943. The Hall–Kier alpha value is -1.19. The quantitative estimate of drug-likeness (QED) is 0.596. The summed E-state index contributed by atoms with van der Waals surface area (Å²) in [6.45, 7) is 0.